The summed E-state index contributed by atoms with van der Waals surface area (Å²) in [6.07, 6.45) is 0. The van der Waals surface area contributed by atoms with E-state index in [2.05, 4.69) is 34.4 Å². The van der Waals surface area contributed by atoms with Crippen LogP contribution in [0, 0.1) is 0 Å². The SMILES string of the molecule is c1ccc(-c2cccc(-c3noc(-c4ccccc4)n3)c2)cc1. The molecule has 0 bridgehead atoms. The lowest BCUT2D eigenvalue weighted by molar-refractivity contribution is 0.432. The predicted octanol–water partition coefficient (Wildman–Crippen LogP) is 5.07. The zero-order chi connectivity index (χ0) is 15.5. The van der Waals surface area contributed by atoms with Gasteiger partial charge in [0.15, 0.2) is 0 Å². The molecule has 0 aliphatic carbocycles. The van der Waals surface area contributed by atoms with E-state index in [1.54, 1.807) is 0 Å². The van der Waals surface area contributed by atoms with Crippen LogP contribution in [-0.2, 0) is 0 Å². The molecule has 0 radical (unpaired) electrons. The lowest BCUT2D eigenvalue weighted by Crippen LogP contribution is -1.83. The maximum atomic E-state index is 5.39. The van der Waals surface area contributed by atoms with Gasteiger partial charge in [-0.05, 0) is 29.3 Å². The van der Waals surface area contributed by atoms with E-state index in [0.717, 1.165) is 16.7 Å². The Hall–Kier alpha value is -3.20. The summed E-state index contributed by atoms with van der Waals surface area (Å²) in [7, 11) is 0. The van der Waals surface area contributed by atoms with E-state index in [-0.39, 0.29) is 0 Å². The largest absolute Gasteiger partial charge is 0.334 e. The highest BCUT2D eigenvalue weighted by Gasteiger charge is 2.10. The van der Waals surface area contributed by atoms with Gasteiger partial charge >= 0.3 is 0 Å². The summed E-state index contributed by atoms with van der Waals surface area (Å²) in [5, 5.41) is 4.11. The number of rotatable bonds is 3. The molecule has 4 aromatic rings. The van der Waals surface area contributed by atoms with Crippen molar-refractivity contribution in [3.8, 4) is 34.0 Å². The van der Waals surface area contributed by atoms with Gasteiger partial charge in [-0.15, -0.1) is 0 Å². The quantitative estimate of drug-likeness (QED) is 0.530. The molecule has 0 saturated carbocycles. The van der Waals surface area contributed by atoms with Gasteiger partial charge in [0.05, 0.1) is 0 Å². The van der Waals surface area contributed by atoms with Crippen molar-refractivity contribution >= 4 is 0 Å². The van der Waals surface area contributed by atoms with Crippen LogP contribution in [-0.4, -0.2) is 10.1 Å². The molecule has 4 rings (SSSR count). The van der Waals surface area contributed by atoms with Gasteiger partial charge in [-0.25, -0.2) is 0 Å². The van der Waals surface area contributed by atoms with E-state index >= 15 is 0 Å². The molecule has 3 heteroatoms. The van der Waals surface area contributed by atoms with Crippen LogP contribution >= 0.6 is 0 Å². The van der Waals surface area contributed by atoms with Crippen molar-refractivity contribution in [3.05, 3.63) is 84.9 Å². The van der Waals surface area contributed by atoms with Crippen molar-refractivity contribution in [1.29, 1.82) is 0 Å². The molecule has 0 N–H and O–H groups in total. The minimum Gasteiger partial charge on any atom is -0.334 e. The van der Waals surface area contributed by atoms with Gasteiger partial charge in [0.25, 0.3) is 5.89 Å². The van der Waals surface area contributed by atoms with Crippen LogP contribution in [0.2, 0.25) is 0 Å². The van der Waals surface area contributed by atoms with Gasteiger partial charge in [-0.1, -0.05) is 71.9 Å². The Labute approximate surface area is 134 Å². The number of benzene rings is 3. The summed E-state index contributed by atoms with van der Waals surface area (Å²) in [6.45, 7) is 0. The lowest BCUT2D eigenvalue weighted by atomic mass is 10.0. The Balaban J connectivity index is 1.71. The van der Waals surface area contributed by atoms with Crippen molar-refractivity contribution in [2.24, 2.45) is 0 Å². The van der Waals surface area contributed by atoms with Crippen molar-refractivity contribution in [2.75, 3.05) is 0 Å². The molecule has 23 heavy (non-hydrogen) atoms. The van der Waals surface area contributed by atoms with Crippen LogP contribution in [0.1, 0.15) is 0 Å². The fourth-order valence-corrected chi connectivity index (χ4v) is 2.51. The van der Waals surface area contributed by atoms with Crippen LogP contribution in [0.4, 0.5) is 0 Å². The third-order valence-corrected chi connectivity index (χ3v) is 3.67. The molecule has 0 unspecified atom stereocenters. The average Bonchev–Trinajstić information content (AvgIpc) is 3.14. The molecule has 1 heterocycles. The Morgan fingerprint density at radius 2 is 1.17 bits per heavy atom. The van der Waals surface area contributed by atoms with Gasteiger partial charge in [0.1, 0.15) is 0 Å². The summed E-state index contributed by atoms with van der Waals surface area (Å²) >= 11 is 0. The Morgan fingerprint density at radius 3 is 1.91 bits per heavy atom. The van der Waals surface area contributed by atoms with E-state index in [0.29, 0.717) is 11.7 Å². The van der Waals surface area contributed by atoms with E-state index in [9.17, 15) is 0 Å². The normalized spacial score (nSPS) is 10.6. The molecule has 0 spiro atoms. The summed E-state index contributed by atoms with van der Waals surface area (Å²) in [5.74, 6) is 1.13. The smallest absolute Gasteiger partial charge is 0.258 e. The number of aromatic nitrogens is 2. The molecule has 110 valence electrons. The van der Waals surface area contributed by atoms with Gasteiger partial charge < -0.3 is 4.52 Å². The predicted molar refractivity (Wildman–Crippen MR) is 90.6 cm³/mol. The first-order valence-corrected chi connectivity index (χ1v) is 7.45. The van der Waals surface area contributed by atoms with E-state index in [1.807, 2.05) is 60.7 Å². The van der Waals surface area contributed by atoms with E-state index in [1.165, 1.54) is 5.56 Å². The highest BCUT2D eigenvalue weighted by molar-refractivity contribution is 5.70. The molecule has 0 aliphatic rings. The maximum absolute atomic E-state index is 5.39. The minimum atomic E-state index is 0.533. The molecule has 0 atom stereocenters. The molecule has 3 nitrogen and oxygen atoms in total. The van der Waals surface area contributed by atoms with Gasteiger partial charge in [0, 0.05) is 11.1 Å². The second-order valence-electron chi connectivity index (χ2n) is 5.24. The molecular formula is C20H14N2O. The fraction of sp³-hybridized carbons (Fsp3) is 0. The molecule has 0 aliphatic heterocycles. The zero-order valence-electron chi connectivity index (χ0n) is 12.4. The lowest BCUT2D eigenvalue weighted by Gasteiger charge is -2.02. The highest BCUT2D eigenvalue weighted by atomic mass is 16.5. The molecular weight excluding hydrogens is 284 g/mol. The second-order valence-corrected chi connectivity index (χ2v) is 5.24. The van der Waals surface area contributed by atoms with Crippen molar-refractivity contribution in [1.82, 2.24) is 10.1 Å². The fourth-order valence-electron chi connectivity index (χ4n) is 2.51. The second kappa shape index (κ2) is 5.89. The van der Waals surface area contributed by atoms with Crippen molar-refractivity contribution < 1.29 is 4.52 Å². The molecule has 3 aromatic carbocycles. The van der Waals surface area contributed by atoms with Crippen molar-refractivity contribution in [2.45, 2.75) is 0 Å². The number of hydrogen-bond donors (Lipinski definition) is 0. The zero-order valence-corrected chi connectivity index (χ0v) is 12.4. The third-order valence-electron chi connectivity index (χ3n) is 3.67. The summed E-state index contributed by atoms with van der Waals surface area (Å²) in [6, 6.07) is 28.2. The summed E-state index contributed by atoms with van der Waals surface area (Å²) < 4.78 is 5.39. The summed E-state index contributed by atoms with van der Waals surface area (Å²) in [5.41, 5.74) is 4.16. The van der Waals surface area contributed by atoms with E-state index < -0.39 is 0 Å². The molecule has 0 fully saturated rings. The molecule has 0 saturated heterocycles. The first-order valence-electron chi connectivity index (χ1n) is 7.45. The van der Waals surface area contributed by atoms with Gasteiger partial charge in [-0.3, -0.25) is 0 Å². The van der Waals surface area contributed by atoms with Crippen LogP contribution in [0.5, 0.6) is 0 Å². The summed E-state index contributed by atoms with van der Waals surface area (Å²) in [4.78, 5) is 4.51. The van der Waals surface area contributed by atoms with Crippen LogP contribution < -0.4 is 0 Å². The topological polar surface area (TPSA) is 38.9 Å². The minimum absolute atomic E-state index is 0.533. The first kappa shape index (κ1) is 13.5. The van der Waals surface area contributed by atoms with E-state index in [4.69, 9.17) is 4.52 Å². The van der Waals surface area contributed by atoms with Crippen LogP contribution in [0.3, 0.4) is 0 Å². The highest BCUT2D eigenvalue weighted by Crippen LogP contribution is 2.26. The first-order chi connectivity index (χ1) is 11.4. The Bertz CT molecular complexity index is 915. The van der Waals surface area contributed by atoms with Crippen molar-refractivity contribution in [3.63, 3.8) is 0 Å². The van der Waals surface area contributed by atoms with Gasteiger partial charge in [0.2, 0.25) is 5.82 Å². The Morgan fingerprint density at radius 1 is 0.565 bits per heavy atom. The van der Waals surface area contributed by atoms with Gasteiger partial charge in [-0.2, -0.15) is 4.98 Å². The molecule has 1 aromatic heterocycles. The average molecular weight is 298 g/mol. The maximum Gasteiger partial charge on any atom is 0.258 e. The molecule has 0 amide bonds. The van der Waals surface area contributed by atoms with Crippen LogP contribution in [0.15, 0.2) is 89.5 Å². The standard InChI is InChI=1S/C20H14N2O/c1-3-8-15(9-4-1)17-12-7-13-18(14-17)19-21-20(23-22-19)16-10-5-2-6-11-16/h1-14H. The Kier molecular flexibility index (Phi) is 3.45. The third kappa shape index (κ3) is 2.77. The van der Waals surface area contributed by atoms with Crippen LogP contribution in [0.25, 0.3) is 34.0 Å². The monoisotopic (exact) mass is 298 g/mol. The number of hydrogen-bond acceptors (Lipinski definition) is 3. The number of nitrogens with zero attached hydrogens (tertiary/aromatic N) is 2.